The summed E-state index contributed by atoms with van der Waals surface area (Å²) in [6.45, 7) is 10.2. The molecule has 88 valence electrons. The molecule has 1 rings (SSSR count). The zero-order valence-corrected chi connectivity index (χ0v) is 10.4. The van der Waals surface area contributed by atoms with Crippen LogP contribution in [0.3, 0.4) is 0 Å². The minimum absolute atomic E-state index is 0.128. The molecule has 3 atom stereocenters. The van der Waals surface area contributed by atoms with E-state index in [9.17, 15) is 4.79 Å². The zero-order chi connectivity index (χ0) is 11.6. The van der Waals surface area contributed by atoms with E-state index in [4.69, 9.17) is 5.73 Å². The van der Waals surface area contributed by atoms with Crippen molar-refractivity contribution in [3.05, 3.63) is 0 Å². The monoisotopic (exact) mass is 212 g/mol. The summed E-state index contributed by atoms with van der Waals surface area (Å²) in [5, 5.41) is 0. The molecule has 15 heavy (non-hydrogen) atoms. The van der Waals surface area contributed by atoms with Gasteiger partial charge in [-0.05, 0) is 24.2 Å². The van der Waals surface area contributed by atoms with Gasteiger partial charge in [0.25, 0.3) is 0 Å². The van der Waals surface area contributed by atoms with Gasteiger partial charge in [0, 0.05) is 13.1 Å². The van der Waals surface area contributed by atoms with Crippen molar-refractivity contribution in [1.82, 2.24) is 4.90 Å². The first-order chi connectivity index (χ1) is 6.91. The number of nitrogens with zero attached hydrogens (tertiary/aromatic N) is 1. The van der Waals surface area contributed by atoms with Crippen LogP contribution in [0, 0.1) is 17.8 Å². The normalized spacial score (nSPS) is 29.3. The Morgan fingerprint density at radius 2 is 1.73 bits per heavy atom. The number of hydrogen-bond acceptors (Lipinski definition) is 2. The van der Waals surface area contributed by atoms with E-state index in [1.807, 2.05) is 18.7 Å². The molecule has 0 aromatic carbocycles. The molecule has 1 fully saturated rings. The topological polar surface area (TPSA) is 46.3 Å². The van der Waals surface area contributed by atoms with Crippen LogP contribution < -0.4 is 5.73 Å². The standard InChI is InChI=1S/C12H24N2O/c1-8(2)11(13)12(15)14-6-9(3)5-10(4)7-14/h8-11H,5-7,13H2,1-4H3/t9?,10?,11-/m0/s1. The molecule has 1 aliphatic rings. The van der Waals surface area contributed by atoms with Crippen LogP contribution in [0.15, 0.2) is 0 Å². The summed E-state index contributed by atoms with van der Waals surface area (Å²) in [4.78, 5) is 14.0. The van der Waals surface area contributed by atoms with Gasteiger partial charge >= 0.3 is 0 Å². The van der Waals surface area contributed by atoms with Crippen molar-refractivity contribution >= 4 is 5.91 Å². The number of likely N-dealkylation sites (tertiary alicyclic amines) is 1. The van der Waals surface area contributed by atoms with E-state index in [-0.39, 0.29) is 17.9 Å². The Morgan fingerprint density at radius 1 is 1.27 bits per heavy atom. The quantitative estimate of drug-likeness (QED) is 0.753. The molecule has 2 N–H and O–H groups in total. The fourth-order valence-electron chi connectivity index (χ4n) is 2.34. The Labute approximate surface area is 93.0 Å². The molecular weight excluding hydrogens is 188 g/mol. The number of piperidine rings is 1. The molecule has 0 radical (unpaired) electrons. The van der Waals surface area contributed by atoms with Crippen molar-refractivity contribution in [3.8, 4) is 0 Å². The molecule has 3 nitrogen and oxygen atoms in total. The largest absolute Gasteiger partial charge is 0.341 e. The van der Waals surface area contributed by atoms with E-state index in [2.05, 4.69) is 13.8 Å². The summed E-state index contributed by atoms with van der Waals surface area (Å²) in [6, 6.07) is -0.331. The van der Waals surface area contributed by atoms with Gasteiger partial charge < -0.3 is 10.6 Å². The molecule has 0 aromatic heterocycles. The predicted molar refractivity (Wildman–Crippen MR) is 62.3 cm³/mol. The predicted octanol–water partition coefficient (Wildman–Crippen LogP) is 1.47. The molecule has 1 amide bonds. The lowest BCUT2D eigenvalue weighted by molar-refractivity contribution is -0.136. The Hall–Kier alpha value is -0.570. The lowest BCUT2D eigenvalue weighted by Crippen LogP contribution is -2.51. The van der Waals surface area contributed by atoms with Crippen LogP contribution in [0.4, 0.5) is 0 Å². The van der Waals surface area contributed by atoms with Crippen LogP contribution >= 0.6 is 0 Å². The Balaban J connectivity index is 2.59. The third-order valence-corrected chi connectivity index (χ3v) is 3.18. The van der Waals surface area contributed by atoms with Crippen molar-refractivity contribution in [2.24, 2.45) is 23.5 Å². The maximum absolute atomic E-state index is 12.0. The Kier molecular flexibility index (Phi) is 4.14. The summed E-state index contributed by atoms with van der Waals surface area (Å²) in [6.07, 6.45) is 1.22. The first-order valence-electron chi connectivity index (χ1n) is 5.96. The summed E-state index contributed by atoms with van der Waals surface area (Å²) in [5.41, 5.74) is 5.89. The maximum Gasteiger partial charge on any atom is 0.239 e. The molecular formula is C12H24N2O. The fraction of sp³-hybridized carbons (Fsp3) is 0.917. The second-order valence-corrected chi connectivity index (χ2v) is 5.46. The van der Waals surface area contributed by atoms with Gasteiger partial charge in [-0.1, -0.05) is 27.7 Å². The number of rotatable bonds is 2. The average Bonchev–Trinajstić information content (AvgIpc) is 2.13. The van der Waals surface area contributed by atoms with Gasteiger partial charge in [0.15, 0.2) is 0 Å². The van der Waals surface area contributed by atoms with Gasteiger partial charge in [0.2, 0.25) is 5.91 Å². The van der Waals surface area contributed by atoms with Crippen LogP contribution in [0.2, 0.25) is 0 Å². The van der Waals surface area contributed by atoms with Gasteiger partial charge in [0.05, 0.1) is 6.04 Å². The van der Waals surface area contributed by atoms with Gasteiger partial charge in [-0.25, -0.2) is 0 Å². The van der Waals surface area contributed by atoms with E-state index >= 15 is 0 Å². The molecule has 0 spiro atoms. The molecule has 1 aliphatic heterocycles. The van der Waals surface area contributed by atoms with Crippen LogP contribution in [0.1, 0.15) is 34.1 Å². The van der Waals surface area contributed by atoms with Gasteiger partial charge in [-0.2, -0.15) is 0 Å². The molecule has 0 bridgehead atoms. The lowest BCUT2D eigenvalue weighted by Gasteiger charge is -2.36. The summed E-state index contributed by atoms with van der Waals surface area (Å²) >= 11 is 0. The fourth-order valence-corrected chi connectivity index (χ4v) is 2.34. The highest BCUT2D eigenvalue weighted by atomic mass is 16.2. The van der Waals surface area contributed by atoms with Gasteiger partial charge in [0.1, 0.15) is 0 Å². The van der Waals surface area contributed by atoms with Gasteiger partial charge in [-0.3, -0.25) is 4.79 Å². The molecule has 0 saturated carbocycles. The first-order valence-corrected chi connectivity index (χ1v) is 5.96. The summed E-state index contributed by atoms with van der Waals surface area (Å²) in [7, 11) is 0. The number of amides is 1. The van der Waals surface area contributed by atoms with Crippen molar-refractivity contribution in [3.63, 3.8) is 0 Å². The molecule has 1 saturated heterocycles. The zero-order valence-electron chi connectivity index (χ0n) is 10.4. The van der Waals surface area contributed by atoms with E-state index < -0.39 is 0 Å². The number of nitrogens with two attached hydrogens (primary N) is 1. The Bertz CT molecular complexity index is 218. The second-order valence-electron chi connectivity index (χ2n) is 5.46. The van der Waals surface area contributed by atoms with E-state index in [0.29, 0.717) is 11.8 Å². The van der Waals surface area contributed by atoms with E-state index in [1.54, 1.807) is 0 Å². The summed E-state index contributed by atoms with van der Waals surface area (Å²) < 4.78 is 0. The smallest absolute Gasteiger partial charge is 0.239 e. The van der Waals surface area contributed by atoms with Gasteiger partial charge in [-0.15, -0.1) is 0 Å². The van der Waals surface area contributed by atoms with Crippen LogP contribution in [0.5, 0.6) is 0 Å². The third kappa shape index (κ3) is 3.20. The van der Waals surface area contributed by atoms with Crippen molar-refractivity contribution < 1.29 is 4.79 Å². The van der Waals surface area contributed by atoms with Crippen molar-refractivity contribution in [2.45, 2.75) is 40.2 Å². The number of carbonyl (C=O) groups is 1. The minimum atomic E-state index is -0.331. The highest BCUT2D eigenvalue weighted by molar-refractivity contribution is 5.82. The van der Waals surface area contributed by atoms with Crippen LogP contribution in [-0.4, -0.2) is 29.9 Å². The maximum atomic E-state index is 12.0. The molecule has 3 heteroatoms. The number of hydrogen-bond donors (Lipinski definition) is 1. The highest BCUT2D eigenvalue weighted by Crippen LogP contribution is 2.21. The SMILES string of the molecule is CC1CC(C)CN(C(=O)[C@@H](N)C(C)C)C1. The van der Waals surface area contributed by atoms with E-state index in [0.717, 1.165) is 13.1 Å². The molecule has 0 aliphatic carbocycles. The molecule has 2 unspecified atom stereocenters. The second kappa shape index (κ2) is 4.97. The van der Waals surface area contributed by atoms with Crippen molar-refractivity contribution in [2.75, 3.05) is 13.1 Å². The third-order valence-electron chi connectivity index (χ3n) is 3.18. The summed E-state index contributed by atoms with van der Waals surface area (Å²) in [5.74, 6) is 1.57. The van der Waals surface area contributed by atoms with E-state index in [1.165, 1.54) is 6.42 Å². The van der Waals surface area contributed by atoms with Crippen LogP contribution in [-0.2, 0) is 4.79 Å². The number of carbonyl (C=O) groups excluding carboxylic acids is 1. The Morgan fingerprint density at radius 3 is 2.13 bits per heavy atom. The lowest BCUT2D eigenvalue weighted by atomic mass is 9.91. The molecule has 0 aromatic rings. The first kappa shape index (κ1) is 12.5. The minimum Gasteiger partial charge on any atom is -0.341 e. The van der Waals surface area contributed by atoms with Crippen LogP contribution in [0.25, 0.3) is 0 Å². The highest BCUT2D eigenvalue weighted by Gasteiger charge is 2.29. The molecule has 1 heterocycles. The van der Waals surface area contributed by atoms with Crippen molar-refractivity contribution in [1.29, 1.82) is 0 Å². The average molecular weight is 212 g/mol.